The van der Waals surface area contributed by atoms with Crippen LogP contribution in [0.5, 0.6) is 0 Å². The Morgan fingerprint density at radius 2 is 1.96 bits per heavy atom. The van der Waals surface area contributed by atoms with Gasteiger partial charge in [-0.25, -0.2) is 4.79 Å². The molecule has 10 heteroatoms. The van der Waals surface area contributed by atoms with Crippen molar-refractivity contribution in [3.8, 4) is 0 Å². The molecule has 3 rings (SSSR count). The van der Waals surface area contributed by atoms with E-state index >= 15 is 0 Å². The lowest BCUT2D eigenvalue weighted by atomic mass is 9.95. The van der Waals surface area contributed by atoms with Crippen molar-refractivity contribution < 1.29 is 23.9 Å². The van der Waals surface area contributed by atoms with Crippen LogP contribution in [-0.2, 0) is 32.0 Å². The van der Waals surface area contributed by atoms with Gasteiger partial charge in [-0.3, -0.25) is 24.2 Å². The maximum Gasteiger partial charge on any atom is 0.341 e. The van der Waals surface area contributed by atoms with Gasteiger partial charge in [0, 0.05) is 11.8 Å². The van der Waals surface area contributed by atoms with Gasteiger partial charge in [-0.15, -0.1) is 11.3 Å². The molecule has 3 amide bonds. The Kier molecular flexibility index (Phi) is 6.09. The Labute approximate surface area is 171 Å². The van der Waals surface area contributed by atoms with Gasteiger partial charge in [-0.2, -0.15) is 0 Å². The molecular weight excluding hydrogens is 402 g/mol. The van der Waals surface area contributed by atoms with Gasteiger partial charge in [0.15, 0.2) is 5.11 Å². The second kappa shape index (κ2) is 8.36. The fourth-order valence-electron chi connectivity index (χ4n) is 3.33. The highest BCUT2D eigenvalue weighted by molar-refractivity contribution is 7.80. The molecule has 0 aromatic carbocycles. The molecule has 1 N–H and O–H groups in total. The van der Waals surface area contributed by atoms with Crippen LogP contribution in [-0.4, -0.2) is 58.3 Å². The summed E-state index contributed by atoms with van der Waals surface area (Å²) < 4.78 is 5.17. The van der Waals surface area contributed by atoms with E-state index in [1.807, 2.05) is 0 Å². The minimum Gasteiger partial charge on any atom is -0.462 e. The Bertz CT molecular complexity index is 864. The van der Waals surface area contributed by atoms with E-state index in [2.05, 4.69) is 5.32 Å². The first kappa shape index (κ1) is 20.4. The zero-order valence-electron chi connectivity index (χ0n) is 15.7. The third-order valence-electron chi connectivity index (χ3n) is 4.64. The molecular formula is C18H21N3O5S2. The molecule has 0 radical (unpaired) electrons. The lowest BCUT2D eigenvalue weighted by molar-refractivity contribution is -0.130. The number of esters is 1. The van der Waals surface area contributed by atoms with E-state index < -0.39 is 17.8 Å². The minimum absolute atomic E-state index is 0.0174. The second-order valence-corrected chi connectivity index (χ2v) is 8.02. The molecule has 1 aromatic rings. The number of anilines is 1. The number of nitrogens with zero attached hydrogens (tertiary/aromatic N) is 2. The summed E-state index contributed by atoms with van der Waals surface area (Å²) in [5, 5.41) is 3.20. The predicted octanol–water partition coefficient (Wildman–Crippen LogP) is 1.72. The molecule has 0 saturated carbocycles. The number of hydrogen-bond donors (Lipinski definition) is 1. The molecule has 1 aromatic heterocycles. The van der Waals surface area contributed by atoms with Gasteiger partial charge in [0.2, 0.25) is 17.7 Å². The number of thiocarbonyl (C=S) groups is 1. The van der Waals surface area contributed by atoms with Crippen molar-refractivity contribution in [3.05, 3.63) is 16.0 Å². The number of nitrogens with one attached hydrogen (secondary N) is 1. The van der Waals surface area contributed by atoms with E-state index in [1.54, 1.807) is 6.92 Å². The highest BCUT2D eigenvalue weighted by Gasteiger charge is 2.36. The standard InChI is InChI=1S/C18H21N3O5S2/c1-3-26-17(25)15-11-6-4-5-7-12(11)28-16(15)19-13(23)8-21-14(24)9-20(10(2)22)18(21)27/h3-9H2,1-2H3,(H,19,23). The van der Waals surface area contributed by atoms with Crippen LogP contribution in [0.2, 0.25) is 0 Å². The van der Waals surface area contributed by atoms with Crippen molar-refractivity contribution in [1.82, 2.24) is 9.80 Å². The van der Waals surface area contributed by atoms with Crippen LogP contribution < -0.4 is 5.32 Å². The van der Waals surface area contributed by atoms with Gasteiger partial charge in [0.25, 0.3) is 0 Å². The van der Waals surface area contributed by atoms with Crippen LogP contribution in [0.1, 0.15) is 47.5 Å². The zero-order chi connectivity index (χ0) is 20.4. The van der Waals surface area contributed by atoms with Gasteiger partial charge < -0.3 is 10.1 Å². The van der Waals surface area contributed by atoms with Crippen LogP contribution >= 0.6 is 23.6 Å². The molecule has 150 valence electrons. The Balaban J connectivity index is 1.78. The normalized spacial score (nSPS) is 16.2. The molecule has 8 nitrogen and oxygen atoms in total. The van der Waals surface area contributed by atoms with Crippen LogP contribution in [0.25, 0.3) is 0 Å². The van der Waals surface area contributed by atoms with Gasteiger partial charge in [0.05, 0.1) is 12.2 Å². The van der Waals surface area contributed by atoms with Crippen molar-refractivity contribution in [2.24, 2.45) is 0 Å². The van der Waals surface area contributed by atoms with E-state index in [0.29, 0.717) is 10.6 Å². The monoisotopic (exact) mass is 423 g/mol. The quantitative estimate of drug-likeness (QED) is 0.572. The van der Waals surface area contributed by atoms with E-state index in [1.165, 1.54) is 18.3 Å². The molecule has 0 spiro atoms. The van der Waals surface area contributed by atoms with Gasteiger partial charge in [-0.05, 0) is 50.4 Å². The highest BCUT2D eigenvalue weighted by atomic mass is 32.1. The number of hydrogen-bond acceptors (Lipinski definition) is 7. The lowest BCUT2D eigenvalue weighted by Crippen LogP contribution is -2.39. The average Bonchev–Trinajstić information content (AvgIpc) is 3.13. The summed E-state index contributed by atoms with van der Waals surface area (Å²) in [5.41, 5.74) is 1.36. The number of ether oxygens (including phenoxy) is 1. The number of aryl methyl sites for hydroxylation is 1. The Morgan fingerprint density at radius 1 is 1.25 bits per heavy atom. The molecule has 2 aliphatic rings. The summed E-state index contributed by atoms with van der Waals surface area (Å²) in [6.07, 6.45) is 3.67. The highest BCUT2D eigenvalue weighted by Crippen LogP contribution is 2.38. The first-order chi connectivity index (χ1) is 13.3. The first-order valence-electron chi connectivity index (χ1n) is 9.07. The third kappa shape index (κ3) is 3.93. The molecule has 1 aliphatic heterocycles. The second-order valence-electron chi connectivity index (χ2n) is 6.55. The maximum absolute atomic E-state index is 12.6. The fraction of sp³-hybridized carbons (Fsp3) is 0.500. The topological polar surface area (TPSA) is 96.0 Å². The number of amides is 3. The number of carbonyl (C=O) groups excluding carboxylic acids is 4. The number of thiophene rings is 1. The van der Waals surface area contributed by atoms with Crippen molar-refractivity contribution in [2.75, 3.05) is 25.0 Å². The summed E-state index contributed by atoms with van der Waals surface area (Å²) in [6, 6.07) is 0. The smallest absolute Gasteiger partial charge is 0.341 e. The number of carbonyl (C=O) groups is 4. The Hall–Kier alpha value is -2.33. The molecule has 1 aliphatic carbocycles. The number of rotatable bonds is 5. The average molecular weight is 424 g/mol. The molecule has 1 fully saturated rings. The summed E-state index contributed by atoms with van der Waals surface area (Å²) in [4.78, 5) is 52.0. The molecule has 28 heavy (non-hydrogen) atoms. The zero-order valence-corrected chi connectivity index (χ0v) is 17.3. The van der Waals surface area contributed by atoms with Gasteiger partial charge >= 0.3 is 5.97 Å². The van der Waals surface area contributed by atoms with Crippen molar-refractivity contribution in [1.29, 1.82) is 0 Å². The Morgan fingerprint density at radius 3 is 2.61 bits per heavy atom. The summed E-state index contributed by atoms with van der Waals surface area (Å²) in [7, 11) is 0. The van der Waals surface area contributed by atoms with Crippen LogP contribution in [0.3, 0.4) is 0 Å². The molecule has 0 unspecified atom stereocenters. The van der Waals surface area contributed by atoms with Crippen molar-refractivity contribution >= 4 is 57.4 Å². The first-order valence-corrected chi connectivity index (χ1v) is 10.3. The van der Waals surface area contributed by atoms with Gasteiger partial charge in [0.1, 0.15) is 18.1 Å². The minimum atomic E-state index is -0.481. The van der Waals surface area contributed by atoms with Crippen LogP contribution in [0.15, 0.2) is 0 Å². The van der Waals surface area contributed by atoms with E-state index in [4.69, 9.17) is 17.0 Å². The van der Waals surface area contributed by atoms with Crippen molar-refractivity contribution in [2.45, 2.75) is 39.5 Å². The summed E-state index contributed by atoms with van der Waals surface area (Å²) in [5.74, 6) is -1.69. The van der Waals surface area contributed by atoms with E-state index in [-0.39, 0.29) is 30.7 Å². The van der Waals surface area contributed by atoms with E-state index in [0.717, 1.165) is 45.9 Å². The third-order valence-corrected chi connectivity index (χ3v) is 6.29. The number of fused-ring (bicyclic) bond motifs is 1. The maximum atomic E-state index is 12.6. The largest absolute Gasteiger partial charge is 0.462 e. The summed E-state index contributed by atoms with van der Waals surface area (Å²) >= 11 is 6.51. The van der Waals surface area contributed by atoms with Crippen LogP contribution in [0, 0.1) is 0 Å². The molecule has 0 atom stereocenters. The van der Waals surface area contributed by atoms with E-state index in [9.17, 15) is 19.2 Å². The van der Waals surface area contributed by atoms with Crippen molar-refractivity contribution in [3.63, 3.8) is 0 Å². The summed E-state index contributed by atoms with van der Waals surface area (Å²) in [6.45, 7) is 2.81. The SMILES string of the molecule is CCOC(=O)c1c(NC(=O)CN2C(=O)CN(C(C)=O)C2=S)sc2c1CCCC2. The predicted molar refractivity (Wildman–Crippen MR) is 107 cm³/mol. The van der Waals surface area contributed by atoms with Crippen LogP contribution in [0.4, 0.5) is 5.00 Å². The fourth-order valence-corrected chi connectivity index (χ4v) is 4.98. The van der Waals surface area contributed by atoms with Gasteiger partial charge in [-0.1, -0.05) is 0 Å². The molecule has 2 heterocycles. The molecule has 0 bridgehead atoms. The lowest BCUT2D eigenvalue weighted by Gasteiger charge is -2.17. The molecule has 1 saturated heterocycles.